The van der Waals surface area contributed by atoms with Gasteiger partial charge in [0.1, 0.15) is 5.75 Å². The van der Waals surface area contributed by atoms with Crippen molar-refractivity contribution in [2.45, 2.75) is 35.7 Å². The van der Waals surface area contributed by atoms with Crippen LogP contribution in [0.4, 0.5) is 24.5 Å². The summed E-state index contributed by atoms with van der Waals surface area (Å²) in [4.78, 5) is 70.5. The quantitative estimate of drug-likeness (QED) is 0.158. The highest BCUT2D eigenvalue weighted by molar-refractivity contribution is 8.00. The van der Waals surface area contributed by atoms with E-state index in [1.165, 1.54) is 17.0 Å². The summed E-state index contributed by atoms with van der Waals surface area (Å²) >= 11 is 2.67. The van der Waals surface area contributed by atoms with Crippen LogP contribution in [0.5, 0.6) is 5.75 Å². The number of imide groups is 1. The first kappa shape index (κ1) is 34.2. The number of thiazole rings is 1. The molecule has 8 rings (SSSR count). The van der Waals surface area contributed by atoms with Crippen LogP contribution in [0.25, 0.3) is 0 Å². The number of H-pyrrole nitrogens is 1. The van der Waals surface area contributed by atoms with Crippen LogP contribution in [-0.4, -0.2) is 47.1 Å². The molecule has 7 atom stereocenters. The summed E-state index contributed by atoms with van der Waals surface area (Å²) in [5.41, 5.74) is 0.629. The molecule has 52 heavy (non-hydrogen) atoms. The number of nitrogens with one attached hydrogen (secondary N) is 2. The maximum absolute atomic E-state index is 14.1. The number of hydrogen-bond donors (Lipinski definition) is 2. The number of nitrogens with zero attached hydrogens (tertiary/aromatic N) is 1. The lowest BCUT2D eigenvalue weighted by molar-refractivity contribution is -0.137. The van der Waals surface area contributed by atoms with Gasteiger partial charge in [0, 0.05) is 21.7 Å². The Balaban J connectivity index is 1.04. The zero-order valence-electron chi connectivity index (χ0n) is 27.3. The van der Waals surface area contributed by atoms with Gasteiger partial charge in [-0.2, -0.15) is 13.2 Å². The van der Waals surface area contributed by atoms with E-state index in [9.17, 15) is 37.1 Å². The van der Waals surface area contributed by atoms with E-state index in [-0.39, 0.29) is 57.9 Å². The number of carbonyl (C=O) groups excluding carboxylic acids is 4. The molecule has 268 valence electrons. The van der Waals surface area contributed by atoms with Crippen LogP contribution in [0, 0.1) is 29.6 Å². The number of anilines is 2. The van der Waals surface area contributed by atoms with Gasteiger partial charge in [0.2, 0.25) is 11.8 Å². The molecule has 15 heteroatoms. The monoisotopic (exact) mass is 749 g/mol. The lowest BCUT2D eigenvalue weighted by atomic mass is 9.68. The van der Waals surface area contributed by atoms with Crippen molar-refractivity contribution in [2.75, 3.05) is 23.4 Å². The van der Waals surface area contributed by atoms with E-state index in [1.54, 1.807) is 61.2 Å². The summed E-state index contributed by atoms with van der Waals surface area (Å²) in [5.74, 6) is -3.01. The Kier molecular flexibility index (Phi) is 8.52. The Labute approximate surface area is 302 Å². The molecule has 2 aliphatic carbocycles. The smallest absolute Gasteiger partial charge is 0.416 e. The Hall–Kier alpha value is -4.89. The molecular weight excluding hydrogens is 720 g/mol. The average molecular weight is 750 g/mol. The van der Waals surface area contributed by atoms with Crippen molar-refractivity contribution in [3.8, 4) is 5.75 Å². The van der Waals surface area contributed by atoms with Crippen molar-refractivity contribution in [3.05, 3.63) is 104 Å². The van der Waals surface area contributed by atoms with Crippen molar-refractivity contribution in [1.82, 2.24) is 4.98 Å². The fourth-order valence-corrected chi connectivity index (χ4v) is 11.4. The Morgan fingerprint density at radius 3 is 2.42 bits per heavy atom. The van der Waals surface area contributed by atoms with Gasteiger partial charge in [-0.1, -0.05) is 29.5 Å². The van der Waals surface area contributed by atoms with E-state index in [0.717, 1.165) is 38.9 Å². The van der Waals surface area contributed by atoms with Gasteiger partial charge in [-0.15, -0.1) is 11.8 Å². The summed E-state index contributed by atoms with van der Waals surface area (Å²) in [5, 5.41) is 3.12. The number of ether oxygens (including phenoxy) is 2. The fraction of sp³-hybridized carbons (Fsp3) is 0.324. The summed E-state index contributed by atoms with van der Waals surface area (Å²) in [7, 11) is 0. The number of hydrogen-bond acceptors (Lipinski definition) is 9. The van der Waals surface area contributed by atoms with Crippen LogP contribution >= 0.6 is 23.1 Å². The van der Waals surface area contributed by atoms with Gasteiger partial charge < -0.3 is 19.8 Å². The van der Waals surface area contributed by atoms with Crippen LogP contribution in [0.15, 0.2) is 82.6 Å². The molecule has 3 heterocycles. The molecule has 2 aliphatic heterocycles. The van der Waals surface area contributed by atoms with Gasteiger partial charge in [-0.25, -0.2) is 4.79 Å². The third-order valence-electron chi connectivity index (χ3n) is 10.4. The second kappa shape index (κ2) is 13.0. The van der Waals surface area contributed by atoms with Crippen LogP contribution in [-0.2, 0) is 25.3 Å². The second-order valence-electron chi connectivity index (χ2n) is 13.2. The largest absolute Gasteiger partial charge is 0.484 e. The Morgan fingerprint density at radius 1 is 0.962 bits per heavy atom. The van der Waals surface area contributed by atoms with Gasteiger partial charge in [-0.05, 0) is 91.3 Å². The van der Waals surface area contributed by atoms with Crippen molar-refractivity contribution in [1.29, 1.82) is 0 Å². The minimum atomic E-state index is -4.56. The summed E-state index contributed by atoms with van der Waals surface area (Å²) in [6, 6.07) is 17.7. The van der Waals surface area contributed by atoms with Crippen LogP contribution in [0.3, 0.4) is 0 Å². The third kappa shape index (κ3) is 5.79. The standard InChI is InChI=1S/C37H30F3N3O7S2/c1-2-49-35(47)17-9-11-21(12-10-17)43-33(45)28-23-15-24(29(28)34(43)46)30-27(23)26(31-32(51-30)42-36(48)52-31)18-5-3-8-22(13-18)50-16-25(44)41-20-7-4-6-19(14-20)37(38,39)40/h3-14,23-24,26-30H,2,15-16H2,1H3,(H,41,44)(H,42,48)/t23-,24-,26-,27?,28?,29?,30?/m1/s1. The number of halogens is 3. The normalized spacial score (nSPS) is 25.8. The van der Waals surface area contributed by atoms with Gasteiger partial charge in [0.05, 0.1) is 40.3 Å². The first-order valence-electron chi connectivity index (χ1n) is 16.7. The predicted octanol–water partition coefficient (Wildman–Crippen LogP) is 6.33. The lowest BCUT2D eigenvalue weighted by Gasteiger charge is -2.43. The average Bonchev–Trinajstić information content (AvgIpc) is 3.86. The summed E-state index contributed by atoms with van der Waals surface area (Å²) < 4.78 is 50.2. The van der Waals surface area contributed by atoms with Gasteiger partial charge >= 0.3 is 17.0 Å². The molecule has 3 amide bonds. The molecule has 4 aliphatic rings. The Morgan fingerprint density at radius 2 is 1.69 bits per heavy atom. The highest BCUT2D eigenvalue weighted by Gasteiger charge is 2.69. The number of aromatic amines is 1. The van der Waals surface area contributed by atoms with E-state index in [1.807, 2.05) is 6.07 Å². The molecule has 0 radical (unpaired) electrons. The molecular formula is C37H30F3N3O7S2. The van der Waals surface area contributed by atoms with Crippen molar-refractivity contribution in [3.63, 3.8) is 0 Å². The Bertz CT molecular complexity index is 2170. The number of carbonyl (C=O) groups is 4. The maximum Gasteiger partial charge on any atom is 0.416 e. The first-order chi connectivity index (χ1) is 24.9. The van der Waals surface area contributed by atoms with Crippen LogP contribution in [0.1, 0.15) is 45.6 Å². The van der Waals surface area contributed by atoms with E-state index in [0.29, 0.717) is 23.4 Å². The molecule has 2 saturated carbocycles. The molecule has 1 aromatic heterocycles. The number of amides is 3. The number of alkyl halides is 3. The third-order valence-corrected chi connectivity index (χ3v) is 13.0. The molecule has 2 bridgehead atoms. The molecule has 1 saturated heterocycles. The van der Waals surface area contributed by atoms with Gasteiger partial charge in [-0.3, -0.25) is 24.1 Å². The highest BCUT2D eigenvalue weighted by Crippen LogP contribution is 2.68. The topological polar surface area (TPSA) is 135 Å². The predicted molar refractivity (Wildman–Crippen MR) is 185 cm³/mol. The van der Waals surface area contributed by atoms with Crippen molar-refractivity contribution < 1.29 is 41.8 Å². The molecule has 0 spiro atoms. The number of thioether (sulfide) groups is 1. The van der Waals surface area contributed by atoms with Crippen molar-refractivity contribution >= 4 is 58.2 Å². The van der Waals surface area contributed by atoms with E-state index >= 15 is 0 Å². The number of rotatable bonds is 8. The van der Waals surface area contributed by atoms with Gasteiger partial charge in [0.15, 0.2) is 6.61 Å². The highest BCUT2D eigenvalue weighted by atomic mass is 32.2. The second-order valence-corrected chi connectivity index (χ2v) is 15.4. The first-order valence-corrected chi connectivity index (χ1v) is 18.4. The molecule has 3 fully saturated rings. The molecule has 3 aromatic carbocycles. The fourth-order valence-electron chi connectivity index (χ4n) is 8.52. The number of aromatic nitrogens is 1. The molecule has 4 aromatic rings. The van der Waals surface area contributed by atoms with Crippen molar-refractivity contribution in [2.24, 2.45) is 29.6 Å². The van der Waals surface area contributed by atoms with Gasteiger partial charge in [0.25, 0.3) is 5.91 Å². The summed E-state index contributed by atoms with van der Waals surface area (Å²) in [6.45, 7) is 1.47. The number of fused-ring (bicyclic) bond motifs is 9. The van der Waals surface area contributed by atoms with E-state index in [4.69, 9.17) is 9.47 Å². The van der Waals surface area contributed by atoms with Crippen LogP contribution < -0.4 is 19.8 Å². The summed E-state index contributed by atoms with van der Waals surface area (Å²) in [6.07, 6.45) is -3.87. The maximum atomic E-state index is 14.1. The van der Waals surface area contributed by atoms with E-state index in [2.05, 4.69) is 10.3 Å². The van der Waals surface area contributed by atoms with Crippen LogP contribution in [0.2, 0.25) is 0 Å². The van der Waals surface area contributed by atoms with E-state index < -0.39 is 42.1 Å². The minimum absolute atomic E-state index is 0.0143. The number of benzene rings is 3. The molecule has 2 N–H and O–H groups in total. The number of esters is 1. The zero-order chi connectivity index (χ0) is 36.5. The molecule has 4 unspecified atom stereocenters. The zero-order valence-corrected chi connectivity index (χ0v) is 29.0. The lowest BCUT2D eigenvalue weighted by Crippen LogP contribution is -2.42. The minimum Gasteiger partial charge on any atom is -0.484 e. The SMILES string of the molecule is CCOC(=O)c1ccc(N2C(=O)C3C(C2=O)[C@@H]2C[C@H]3C3Sc4[nH]c(=O)sc4[C@H](c4cccc(OCC(=O)Nc5cccc(C(F)(F)F)c5)c4)C32)cc1. The molecule has 10 nitrogen and oxygen atoms in total.